The van der Waals surface area contributed by atoms with E-state index in [1.165, 1.54) is 4.68 Å². The fourth-order valence-corrected chi connectivity index (χ4v) is 3.30. The van der Waals surface area contributed by atoms with Gasteiger partial charge in [0, 0.05) is 6.54 Å². The second kappa shape index (κ2) is 9.27. The molecule has 6 heteroatoms. The van der Waals surface area contributed by atoms with Crippen LogP contribution in [0.4, 0.5) is 0 Å². The molecule has 0 atom stereocenters. The first-order valence-corrected chi connectivity index (χ1v) is 9.88. The van der Waals surface area contributed by atoms with Gasteiger partial charge >= 0.3 is 11.7 Å². The third-order valence-electron chi connectivity index (χ3n) is 4.72. The number of carboxylic acid groups (broad SMARTS) is 1. The SMILES string of the molecule is CC#CCc1nn(CC(C)C)c(=O)n1Cc1ccc(-c2ccccc2C(=O)O)cc1. The molecule has 30 heavy (non-hydrogen) atoms. The van der Waals surface area contributed by atoms with Gasteiger partial charge in [-0.25, -0.2) is 14.3 Å². The quantitative estimate of drug-likeness (QED) is 0.611. The lowest BCUT2D eigenvalue weighted by molar-refractivity contribution is 0.0697. The zero-order valence-electron chi connectivity index (χ0n) is 17.4. The molecule has 2 aromatic carbocycles. The van der Waals surface area contributed by atoms with Crippen LogP contribution in [0.15, 0.2) is 53.3 Å². The third kappa shape index (κ3) is 4.69. The Kier molecular flexibility index (Phi) is 6.53. The van der Waals surface area contributed by atoms with Crippen molar-refractivity contribution in [2.24, 2.45) is 5.92 Å². The molecular weight excluding hydrogens is 378 g/mol. The molecule has 1 aromatic heterocycles. The molecule has 0 aliphatic rings. The van der Waals surface area contributed by atoms with Crippen LogP contribution in [-0.2, 0) is 19.5 Å². The van der Waals surface area contributed by atoms with Crippen molar-refractivity contribution in [3.8, 4) is 23.0 Å². The van der Waals surface area contributed by atoms with Gasteiger partial charge in [-0.1, -0.05) is 62.2 Å². The second-order valence-corrected chi connectivity index (χ2v) is 7.51. The topological polar surface area (TPSA) is 77.1 Å². The van der Waals surface area contributed by atoms with Crippen LogP contribution >= 0.6 is 0 Å². The van der Waals surface area contributed by atoms with Crippen molar-refractivity contribution in [1.82, 2.24) is 14.3 Å². The van der Waals surface area contributed by atoms with E-state index in [1.807, 2.05) is 44.2 Å². The summed E-state index contributed by atoms with van der Waals surface area (Å²) in [5.41, 5.74) is 2.53. The van der Waals surface area contributed by atoms with E-state index in [-0.39, 0.29) is 11.3 Å². The Hall–Kier alpha value is -3.59. The molecule has 0 amide bonds. The molecule has 1 heterocycles. The summed E-state index contributed by atoms with van der Waals surface area (Å²) in [5, 5.41) is 13.9. The summed E-state index contributed by atoms with van der Waals surface area (Å²) in [7, 11) is 0. The zero-order chi connectivity index (χ0) is 21.7. The summed E-state index contributed by atoms with van der Waals surface area (Å²) in [5.74, 6) is 5.85. The summed E-state index contributed by atoms with van der Waals surface area (Å²) < 4.78 is 3.17. The van der Waals surface area contributed by atoms with Crippen LogP contribution in [-0.4, -0.2) is 25.4 Å². The van der Waals surface area contributed by atoms with Crippen molar-refractivity contribution in [2.45, 2.75) is 40.3 Å². The van der Waals surface area contributed by atoms with Crippen molar-refractivity contribution in [2.75, 3.05) is 0 Å². The third-order valence-corrected chi connectivity index (χ3v) is 4.72. The number of nitrogens with zero attached hydrogens (tertiary/aromatic N) is 3. The summed E-state index contributed by atoms with van der Waals surface area (Å²) in [6.45, 7) is 6.80. The predicted octanol–water partition coefficient (Wildman–Crippen LogP) is 3.68. The Morgan fingerprint density at radius 3 is 2.47 bits per heavy atom. The Morgan fingerprint density at radius 2 is 1.83 bits per heavy atom. The Morgan fingerprint density at radius 1 is 1.13 bits per heavy atom. The molecule has 0 bridgehead atoms. The van der Waals surface area contributed by atoms with E-state index in [0.717, 1.165) is 11.1 Å². The summed E-state index contributed by atoms with van der Waals surface area (Å²) in [6, 6.07) is 14.5. The number of hydrogen-bond donors (Lipinski definition) is 1. The molecule has 3 rings (SSSR count). The highest BCUT2D eigenvalue weighted by molar-refractivity contribution is 5.95. The van der Waals surface area contributed by atoms with Crippen LogP contribution in [0.25, 0.3) is 11.1 Å². The largest absolute Gasteiger partial charge is 0.478 e. The molecule has 0 aliphatic heterocycles. The maximum atomic E-state index is 12.9. The summed E-state index contributed by atoms with van der Waals surface area (Å²) in [6.07, 6.45) is 0.418. The predicted molar refractivity (Wildman–Crippen MR) is 116 cm³/mol. The maximum absolute atomic E-state index is 12.9. The second-order valence-electron chi connectivity index (χ2n) is 7.51. The van der Waals surface area contributed by atoms with Gasteiger partial charge in [-0.15, -0.1) is 5.92 Å². The highest BCUT2D eigenvalue weighted by Gasteiger charge is 2.15. The van der Waals surface area contributed by atoms with Gasteiger partial charge in [0.25, 0.3) is 0 Å². The van der Waals surface area contributed by atoms with E-state index in [2.05, 4.69) is 16.9 Å². The van der Waals surface area contributed by atoms with Crippen LogP contribution in [0.3, 0.4) is 0 Å². The average molecular weight is 403 g/mol. The van der Waals surface area contributed by atoms with Crippen molar-refractivity contribution < 1.29 is 9.90 Å². The van der Waals surface area contributed by atoms with Crippen LogP contribution < -0.4 is 5.69 Å². The molecule has 154 valence electrons. The standard InChI is InChI=1S/C24H25N3O3/c1-4-5-10-22-25-27(15-17(2)3)24(30)26(22)16-18-11-13-19(14-12-18)20-8-6-7-9-21(20)23(28)29/h6-9,11-14,17H,10,15-16H2,1-3H3,(H,28,29). The molecule has 0 spiro atoms. The van der Waals surface area contributed by atoms with Crippen LogP contribution in [0.1, 0.15) is 42.5 Å². The minimum atomic E-state index is -0.958. The van der Waals surface area contributed by atoms with Crippen molar-refractivity contribution in [3.63, 3.8) is 0 Å². The van der Waals surface area contributed by atoms with Gasteiger partial charge in [0.15, 0.2) is 0 Å². The number of rotatable bonds is 7. The maximum Gasteiger partial charge on any atom is 0.346 e. The summed E-state index contributed by atoms with van der Waals surface area (Å²) in [4.78, 5) is 24.3. The van der Waals surface area contributed by atoms with Gasteiger partial charge in [0.2, 0.25) is 0 Å². The molecule has 0 saturated heterocycles. The average Bonchev–Trinajstić information content (AvgIpc) is 3.01. The Balaban J connectivity index is 1.92. The van der Waals surface area contributed by atoms with Crippen molar-refractivity contribution >= 4 is 5.97 Å². The molecule has 0 aliphatic carbocycles. The number of carboxylic acids is 1. The highest BCUT2D eigenvalue weighted by Crippen LogP contribution is 2.24. The number of hydrogen-bond acceptors (Lipinski definition) is 3. The van der Waals surface area contributed by atoms with E-state index in [1.54, 1.807) is 29.7 Å². The first-order chi connectivity index (χ1) is 14.4. The minimum Gasteiger partial charge on any atom is -0.478 e. The van der Waals surface area contributed by atoms with E-state index in [4.69, 9.17) is 0 Å². The molecule has 3 aromatic rings. The van der Waals surface area contributed by atoms with Gasteiger partial charge in [-0.3, -0.25) is 4.57 Å². The lowest BCUT2D eigenvalue weighted by Crippen LogP contribution is -2.27. The highest BCUT2D eigenvalue weighted by atomic mass is 16.4. The normalized spacial score (nSPS) is 10.7. The Bertz CT molecular complexity index is 1160. The molecule has 0 saturated carbocycles. The van der Waals surface area contributed by atoms with Crippen molar-refractivity contribution in [3.05, 3.63) is 76.0 Å². The zero-order valence-corrected chi connectivity index (χ0v) is 17.4. The van der Waals surface area contributed by atoms with E-state index >= 15 is 0 Å². The molecule has 6 nitrogen and oxygen atoms in total. The first-order valence-electron chi connectivity index (χ1n) is 9.88. The Labute approximate surface area is 175 Å². The lowest BCUT2D eigenvalue weighted by atomic mass is 9.99. The van der Waals surface area contributed by atoms with Gasteiger partial charge in [-0.2, -0.15) is 5.10 Å². The van der Waals surface area contributed by atoms with Crippen LogP contribution in [0.2, 0.25) is 0 Å². The smallest absolute Gasteiger partial charge is 0.346 e. The fourth-order valence-electron chi connectivity index (χ4n) is 3.30. The van der Waals surface area contributed by atoms with Crippen molar-refractivity contribution in [1.29, 1.82) is 0 Å². The molecular formula is C24H25N3O3. The van der Waals surface area contributed by atoms with E-state index in [0.29, 0.717) is 36.8 Å². The number of aromatic nitrogens is 3. The summed E-state index contributed by atoms with van der Waals surface area (Å²) >= 11 is 0. The molecule has 1 N–H and O–H groups in total. The number of benzene rings is 2. The van der Waals surface area contributed by atoms with E-state index in [9.17, 15) is 14.7 Å². The van der Waals surface area contributed by atoms with E-state index < -0.39 is 5.97 Å². The fraction of sp³-hybridized carbons (Fsp3) is 0.292. The van der Waals surface area contributed by atoms with Gasteiger partial charge in [0.05, 0.1) is 18.5 Å². The molecule has 0 unspecified atom stereocenters. The van der Waals surface area contributed by atoms with Gasteiger partial charge < -0.3 is 5.11 Å². The number of carbonyl (C=O) groups is 1. The van der Waals surface area contributed by atoms with Gasteiger partial charge in [0.1, 0.15) is 5.82 Å². The van der Waals surface area contributed by atoms with Gasteiger partial charge in [-0.05, 0) is 35.6 Å². The lowest BCUT2D eigenvalue weighted by Gasteiger charge is -2.08. The molecule has 0 radical (unpaired) electrons. The first kappa shape index (κ1) is 21.1. The monoisotopic (exact) mass is 403 g/mol. The number of aromatic carboxylic acids is 1. The van der Waals surface area contributed by atoms with Crippen LogP contribution in [0.5, 0.6) is 0 Å². The molecule has 0 fully saturated rings. The van der Waals surface area contributed by atoms with Crippen LogP contribution in [0, 0.1) is 17.8 Å². The minimum absolute atomic E-state index is 0.142.